The van der Waals surface area contributed by atoms with Crippen molar-refractivity contribution in [1.82, 2.24) is 0 Å². The minimum absolute atomic E-state index is 0. The Morgan fingerprint density at radius 2 is 0.571 bits per heavy atom. The first kappa shape index (κ1) is 185. The minimum Gasteiger partial charge on any atom is -0.255 e. The SMILES string of the molecule is C.C.O=O.O=O.OO.OO.[BH].[BH].[B].[B].[H+]. The fraction of sp³-hybridized carbons (Fsp3) is 1.00. The van der Waals surface area contributed by atoms with E-state index >= 15 is 0 Å². The molecular formula is C2H15B4O8+. The molecule has 4 N–H and O–H groups in total. The lowest BCUT2D eigenvalue weighted by Crippen LogP contribution is -1.29. The van der Waals surface area contributed by atoms with Gasteiger partial charge < -0.3 is 0 Å². The number of hydrogen-bond acceptors (Lipinski definition) is 8. The van der Waals surface area contributed by atoms with Gasteiger partial charge in [0.05, 0.1) is 0 Å². The topological polar surface area (TPSA) is 149 Å². The lowest BCUT2D eigenvalue weighted by molar-refractivity contribution is -0.176. The molecule has 0 atom stereocenters. The average molecular weight is 210 g/mol. The quantitative estimate of drug-likeness (QED) is 0.237. The highest BCUT2D eigenvalue weighted by Crippen LogP contribution is 0.743. The van der Waals surface area contributed by atoms with Crippen LogP contribution in [0.15, 0.2) is 0 Å². The summed E-state index contributed by atoms with van der Waals surface area (Å²) in [5.41, 5.74) is 0. The molecule has 12 heteroatoms. The van der Waals surface area contributed by atoms with Gasteiger partial charge in [-0.1, -0.05) is 14.9 Å². The van der Waals surface area contributed by atoms with E-state index in [0.717, 1.165) is 0 Å². The molecule has 0 rings (SSSR count). The second-order valence-corrected chi connectivity index (χ2v) is 0. The fourth-order valence-corrected chi connectivity index (χ4v) is 0. The maximum atomic E-state index is 7.00. The third-order valence-electron chi connectivity index (χ3n) is 0. The van der Waals surface area contributed by atoms with Gasteiger partial charge in [-0.25, -0.2) is 0 Å². The molecule has 0 unspecified atom stereocenters. The highest BCUT2D eigenvalue weighted by Gasteiger charge is 0.748. The first-order valence-electron chi connectivity index (χ1n) is 0.733. The van der Waals surface area contributed by atoms with Gasteiger partial charge in [-0.15, -0.1) is 0 Å². The standard InChI is InChI=1S/2CH4.2BH.2B.2H2O2.2O2/c;;;;;;4*1-2/h2*1H4;2*1H;;;2*1-2H;;/p+1. The Hall–Kier alpha value is -0.700. The molecule has 0 saturated heterocycles. The Kier molecular flexibility index (Phi) is 42300. The van der Waals surface area contributed by atoms with Gasteiger partial charge in [0.25, 0.3) is 0 Å². The van der Waals surface area contributed by atoms with E-state index in [9.17, 15) is 0 Å². The number of rotatable bonds is 0. The monoisotopic (exact) mass is 211 g/mol. The van der Waals surface area contributed by atoms with E-state index in [0.29, 0.717) is 0 Å². The molecule has 0 aromatic rings. The van der Waals surface area contributed by atoms with E-state index in [1.54, 1.807) is 0 Å². The smallest absolute Gasteiger partial charge is 0.255 e. The molecule has 10 radical (unpaired) electrons. The molecule has 0 aromatic heterocycles. The third kappa shape index (κ3) is 2440. The molecule has 0 aliphatic carbocycles. The summed E-state index contributed by atoms with van der Waals surface area (Å²) in [5, 5.41) is 24.0. The lowest BCUT2D eigenvalue weighted by atomic mass is 10.8. The van der Waals surface area contributed by atoms with Gasteiger partial charge in [-0.2, -0.15) is 0 Å². The average Bonchev–Trinajstić information content (AvgIpc) is 2.03. The van der Waals surface area contributed by atoms with E-state index in [4.69, 9.17) is 40.9 Å². The Balaban J connectivity index is -0.00000000137. The van der Waals surface area contributed by atoms with Gasteiger partial charge in [0, 0.05) is 53.5 Å². The van der Waals surface area contributed by atoms with Crippen LogP contribution in [0, 0.1) is 19.9 Å². The molecule has 0 saturated carbocycles. The van der Waals surface area contributed by atoms with Crippen LogP contribution in [0.1, 0.15) is 16.3 Å². The summed E-state index contributed by atoms with van der Waals surface area (Å²) in [6, 6.07) is 0. The summed E-state index contributed by atoms with van der Waals surface area (Å²) in [4.78, 5) is 28.0. The van der Waals surface area contributed by atoms with Crippen LogP contribution in [0.3, 0.4) is 0 Å². The van der Waals surface area contributed by atoms with Crippen LogP contribution >= 0.6 is 0 Å². The zero-order chi connectivity index (χ0) is 8.00. The maximum Gasteiger partial charge on any atom is 1.00 e. The first-order chi connectivity index (χ1) is 4.00. The summed E-state index contributed by atoms with van der Waals surface area (Å²) in [6.07, 6.45) is 0. The molecule has 0 bridgehead atoms. The van der Waals surface area contributed by atoms with E-state index in [2.05, 4.69) is 0 Å². The molecule has 0 spiro atoms. The summed E-state index contributed by atoms with van der Waals surface area (Å²) in [5.74, 6) is 0. The van der Waals surface area contributed by atoms with E-state index in [1.165, 1.54) is 0 Å². The van der Waals surface area contributed by atoms with Crippen molar-refractivity contribution >= 4 is 33.7 Å². The summed E-state index contributed by atoms with van der Waals surface area (Å²) in [7, 11) is 0. The van der Waals surface area contributed by atoms with Crippen molar-refractivity contribution in [3.05, 3.63) is 19.9 Å². The van der Waals surface area contributed by atoms with Crippen LogP contribution in [0.25, 0.3) is 0 Å². The second-order valence-electron chi connectivity index (χ2n) is 0. The van der Waals surface area contributed by atoms with Crippen LogP contribution in [0.4, 0.5) is 0 Å². The normalized spacial score (nSPS) is 1.43. The van der Waals surface area contributed by atoms with Gasteiger partial charge in [0.2, 0.25) is 0 Å². The first-order valence-corrected chi connectivity index (χ1v) is 0.733. The Bertz CT molecular complexity index is 26.6. The zero-order valence-electron chi connectivity index (χ0n) is 6.99. The number of hydrogen-bond donors (Lipinski definition) is 4. The van der Waals surface area contributed by atoms with Crippen LogP contribution < -0.4 is 0 Å². The van der Waals surface area contributed by atoms with Crippen molar-refractivity contribution in [2.45, 2.75) is 14.9 Å². The largest absolute Gasteiger partial charge is 1.00 e. The van der Waals surface area contributed by atoms with Crippen molar-refractivity contribution < 1.29 is 22.5 Å². The van der Waals surface area contributed by atoms with E-state index < -0.39 is 0 Å². The van der Waals surface area contributed by atoms with Crippen molar-refractivity contribution in [2.24, 2.45) is 0 Å². The van der Waals surface area contributed by atoms with Gasteiger partial charge in [-0.3, -0.25) is 21.0 Å². The molecule has 0 amide bonds. The summed E-state index contributed by atoms with van der Waals surface area (Å²) in [6.45, 7) is 0. The Morgan fingerprint density at radius 3 is 0.571 bits per heavy atom. The highest BCUT2D eigenvalue weighted by atomic mass is 17.0. The summed E-state index contributed by atoms with van der Waals surface area (Å²) >= 11 is 0. The highest BCUT2D eigenvalue weighted by molar-refractivity contribution is 5.76. The molecule has 0 heterocycles. The molecule has 8 nitrogen and oxygen atoms in total. The molecule has 14 heavy (non-hydrogen) atoms. The van der Waals surface area contributed by atoms with Crippen LogP contribution in [-0.4, -0.2) is 54.7 Å². The van der Waals surface area contributed by atoms with Crippen molar-refractivity contribution in [3.63, 3.8) is 0 Å². The van der Waals surface area contributed by atoms with Crippen LogP contribution in [0.2, 0.25) is 0 Å². The van der Waals surface area contributed by atoms with Crippen molar-refractivity contribution in [2.75, 3.05) is 0 Å². The van der Waals surface area contributed by atoms with Crippen molar-refractivity contribution in [3.8, 4) is 0 Å². The van der Waals surface area contributed by atoms with Crippen LogP contribution in [0.5, 0.6) is 0 Å². The van der Waals surface area contributed by atoms with Gasteiger partial charge in [0.15, 0.2) is 0 Å². The molecule has 82 valence electrons. The zero-order valence-corrected chi connectivity index (χ0v) is 5.99. The van der Waals surface area contributed by atoms with Gasteiger partial charge >= 0.3 is 1.43 Å². The summed E-state index contributed by atoms with van der Waals surface area (Å²) < 4.78 is 0. The Morgan fingerprint density at radius 1 is 0.571 bits per heavy atom. The van der Waals surface area contributed by atoms with Crippen molar-refractivity contribution in [1.29, 1.82) is 0 Å². The molecule has 0 fully saturated rings. The van der Waals surface area contributed by atoms with E-state index in [1.807, 2.05) is 0 Å². The van der Waals surface area contributed by atoms with Gasteiger partial charge in [-0.05, 0) is 0 Å². The lowest BCUT2D eigenvalue weighted by Gasteiger charge is -1.25. The van der Waals surface area contributed by atoms with E-state index in [-0.39, 0.29) is 49.9 Å². The molecule has 0 aliphatic rings. The molecule has 0 aliphatic heterocycles. The van der Waals surface area contributed by atoms with Gasteiger partial charge in [0.1, 0.15) is 0 Å². The maximum absolute atomic E-state index is 7.00. The predicted octanol–water partition coefficient (Wildman–Crippen LogP) is -0.505. The van der Waals surface area contributed by atoms with Crippen LogP contribution in [-0.2, 0) is 0 Å². The Labute approximate surface area is 91.8 Å². The third-order valence-corrected chi connectivity index (χ3v) is 0. The molecular weight excluding hydrogens is 195 g/mol. The second kappa shape index (κ2) is 3200. The fourth-order valence-electron chi connectivity index (χ4n) is 0. The molecule has 0 aromatic carbocycles. The predicted molar refractivity (Wildman–Crippen MR) is 64.4 cm³/mol. The minimum atomic E-state index is 0.